The van der Waals surface area contributed by atoms with E-state index in [1.807, 2.05) is 6.08 Å². The first kappa shape index (κ1) is 28.1. The maximum Gasteiger partial charge on any atom is 0.306 e. The summed E-state index contributed by atoms with van der Waals surface area (Å²) in [4.78, 5) is 33.8. The first-order valence-corrected chi connectivity index (χ1v) is 11.2. The molecule has 0 aliphatic rings. The van der Waals surface area contributed by atoms with Gasteiger partial charge in [-0.05, 0) is 25.7 Å². The van der Waals surface area contributed by atoms with Crippen LogP contribution in [0.5, 0.6) is 0 Å². The van der Waals surface area contributed by atoms with Crippen LogP contribution in [0.25, 0.3) is 0 Å². The molecular weight excluding hydrogens is 386 g/mol. The molecule has 0 amide bonds. The lowest BCUT2D eigenvalue weighted by Gasteiger charge is -2.41. The van der Waals surface area contributed by atoms with Crippen molar-refractivity contribution < 1.29 is 34.2 Å². The molecule has 0 aromatic carbocycles. The number of rotatable bonds is 19. The van der Waals surface area contributed by atoms with E-state index in [4.69, 9.17) is 0 Å². The summed E-state index contributed by atoms with van der Waals surface area (Å²) < 4.78 is 0.564. The third kappa shape index (κ3) is 12.0. The van der Waals surface area contributed by atoms with Crippen molar-refractivity contribution in [2.45, 2.75) is 72.1 Å². The number of aliphatic carboxylic acids is 3. The molecule has 0 radical (unpaired) electrons. The summed E-state index contributed by atoms with van der Waals surface area (Å²) >= 11 is 0. The van der Waals surface area contributed by atoms with Crippen LogP contribution in [0, 0.1) is 17.8 Å². The van der Waals surface area contributed by atoms with E-state index in [1.54, 1.807) is 20.8 Å². The van der Waals surface area contributed by atoms with E-state index in [9.17, 15) is 29.7 Å². The first-order chi connectivity index (χ1) is 14.0. The van der Waals surface area contributed by atoms with Crippen molar-refractivity contribution in [3.63, 3.8) is 0 Å². The molecule has 0 bridgehead atoms. The van der Waals surface area contributed by atoms with Gasteiger partial charge in [-0.25, -0.2) is 0 Å². The number of carbonyl (C=O) groups is 3. The Morgan fingerprint density at radius 2 is 1.23 bits per heavy atom. The number of hydrogen-bond donors (Lipinski definition) is 2. The van der Waals surface area contributed by atoms with Gasteiger partial charge in [0.05, 0.1) is 38.0 Å². The normalized spacial score (nSPS) is 16.2. The van der Waals surface area contributed by atoms with Crippen LogP contribution in [0.1, 0.15) is 72.1 Å². The molecule has 2 N–H and O–H groups in total. The smallest absolute Gasteiger partial charge is 0.306 e. The van der Waals surface area contributed by atoms with Crippen molar-refractivity contribution in [3.05, 3.63) is 12.7 Å². The van der Waals surface area contributed by atoms with Gasteiger partial charge in [0.1, 0.15) is 0 Å². The van der Waals surface area contributed by atoms with Gasteiger partial charge in [0, 0.05) is 31.1 Å². The molecule has 0 aliphatic heterocycles. The number of unbranched alkanes of at least 4 members (excludes halogenated alkanes) is 4. The summed E-state index contributed by atoms with van der Waals surface area (Å²) in [5.74, 6) is -4.37. The second-order valence-electron chi connectivity index (χ2n) is 8.79. The Morgan fingerprint density at radius 3 is 1.63 bits per heavy atom. The van der Waals surface area contributed by atoms with E-state index in [0.717, 1.165) is 38.6 Å². The average molecular weight is 428 g/mol. The fraction of sp³-hybridized carbons (Fsp3) is 0.783. The Kier molecular flexibility index (Phi) is 14.0. The number of allylic oxidation sites excluding steroid dienone is 1. The van der Waals surface area contributed by atoms with Crippen LogP contribution in [0.2, 0.25) is 0 Å². The molecule has 0 spiro atoms. The molecule has 174 valence electrons. The first-order valence-electron chi connectivity index (χ1n) is 11.2. The topological polar surface area (TPSA) is 115 Å². The summed E-state index contributed by atoms with van der Waals surface area (Å²) in [5.41, 5.74) is 0. The third-order valence-corrected chi connectivity index (χ3v) is 6.15. The molecule has 0 saturated heterocycles. The van der Waals surface area contributed by atoms with Crippen molar-refractivity contribution in [2.24, 2.45) is 17.8 Å². The Hall–Kier alpha value is -1.89. The minimum Gasteiger partial charge on any atom is -0.550 e. The zero-order chi connectivity index (χ0) is 23.2. The van der Waals surface area contributed by atoms with Gasteiger partial charge < -0.3 is 24.6 Å². The van der Waals surface area contributed by atoms with Crippen molar-refractivity contribution in [3.8, 4) is 0 Å². The Bertz CT molecular complexity index is 488. The summed E-state index contributed by atoms with van der Waals surface area (Å²) in [7, 11) is 0. The van der Waals surface area contributed by atoms with Gasteiger partial charge in [-0.3, -0.25) is 9.59 Å². The molecule has 0 aromatic heterocycles. The largest absolute Gasteiger partial charge is 0.550 e. The summed E-state index contributed by atoms with van der Waals surface area (Å²) in [6.45, 7) is 11.3. The number of carbonyl (C=O) groups excluding carboxylic acids is 1. The Morgan fingerprint density at radius 1 is 0.800 bits per heavy atom. The Labute approximate surface area is 181 Å². The van der Waals surface area contributed by atoms with Crippen LogP contribution in [-0.4, -0.2) is 58.8 Å². The highest BCUT2D eigenvalue weighted by atomic mass is 16.4. The second-order valence-corrected chi connectivity index (χ2v) is 8.79. The van der Waals surface area contributed by atoms with E-state index in [0.29, 0.717) is 43.4 Å². The lowest BCUT2D eigenvalue weighted by atomic mass is 10.0. The maximum atomic E-state index is 11.3. The zero-order valence-corrected chi connectivity index (χ0v) is 19.0. The molecular formula is C23H41NO6. The SMILES string of the molecule is C=CCCCCCC[N+](CCC(C)C(=O)[O-])(CCC(C)C(=O)O)CCC(C)C(=O)O. The standard InChI is InChI=1S/C23H41NO6/c1-5-6-7-8-9-10-14-24(15-11-18(2)21(25)26,16-12-19(3)22(27)28)17-13-20(4)23(29)30/h5,18-20H,1,6-17H2,2-4H3,(H2-,25,26,27,28,29,30). The number of quaternary nitrogens is 1. The van der Waals surface area contributed by atoms with Crippen molar-refractivity contribution in [1.82, 2.24) is 0 Å². The molecule has 0 saturated carbocycles. The van der Waals surface area contributed by atoms with Crippen molar-refractivity contribution >= 4 is 17.9 Å². The number of carboxylic acids is 3. The van der Waals surface area contributed by atoms with Crippen LogP contribution in [-0.2, 0) is 14.4 Å². The molecule has 3 atom stereocenters. The number of hydrogen-bond acceptors (Lipinski definition) is 4. The molecule has 0 aliphatic carbocycles. The fourth-order valence-corrected chi connectivity index (χ4v) is 3.53. The minimum atomic E-state index is -1.09. The van der Waals surface area contributed by atoms with Crippen molar-refractivity contribution in [2.75, 3.05) is 26.2 Å². The lowest BCUT2D eigenvalue weighted by Crippen LogP contribution is -2.52. The van der Waals surface area contributed by atoms with Gasteiger partial charge >= 0.3 is 11.9 Å². The molecule has 0 fully saturated rings. The molecule has 0 rings (SSSR count). The fourth-order valence-electron chi connectivity index (χ4n) is 3.53. The Balaban J connectivity index is 5.31. The third-order valence-electron chi connectivity index (χ3n) is 6.15. The van der Waals surface area contributed by atoms with Crippen LogP contribution in [0.15, 0.2) is 12.7 Å². The van der Waals surface area contributed by atoms with Gasteiger partial charge in [0.2, 0.25) is 0 Å². The van der Waals surface area contributed by atoms with E-state index < -0.39 is 35.7 Å². The number of nitrogens with zero attached hydrogens (tertiary/aromatic N) is 1. The van der Waals surface area contributed by atoms with Gasteiger partial charge in [-0.1, -0.05) is 33.3 Å². The monoisotopic (exact) mass is 427 g/mol. The molecule has 7 heteroatoms. The predicted octanol–water partition coefficient (Wildman–Crippen LogP) is 2.94. The van der Waals surface area contributed by atoms with Crippen LogP contribution in [0.4, 0.5) is 0 Å². The van der Waals surface area contributed by atoms with Crippen LogP contribution >= 0.6 is 0 Å². The van der Waals surface area contributed by atoms with Crippen LogP contribution < -0.4 is 5.11 Å². The molecule has 7 nitrogen and oxygen atoms in total. The average Bonchev–Trinajstić information content (AvgIpc) is 2.69. The van der Waals surface area contributed by atoms with E-state index in [-0.39, 0.29) is 0 Å². The van der Waals surface area contributed by atoms with Gasteiger partial charge in [0.25, 0.3) is 0 Å². The second kappa shape index (κ2) is 15.0. The predicted molar refractivity (Wildman–Crippen MR) is 115 cm³/mol. The van der Waals surface area contributed by atoms with Crippen LogP contribution in [0.3, 0.4) is 0 Å². The van der Waals surface area contributed by atoms with E-state index in [2.05, 4.69) is 6.58 Å². The molecule has 30 heavy (non-hydrogen) atoms. The summed E-state index contributed by atoms with van der Waals surface area (Å²) in [5, 5.41) is 29.8. The number of carboxylic acid groups (broad SMARTS) is 3. The quantitative estimate of drug-likeness (QED) is 0.186. The highest BCUT2D eigenvalue weighted by Gasteiger charge is 2.30. The summed E-state index contributed by atoms with van der Waals surface area (Å²) in [6, 6.07) is 0. The van der Waals surface area contributed by atoms with E-state index >= 15 is 0 Å². The lowest BCUT2D eigenvalue weighted by molar-refractivity contribution is -0.929. The molecule has 0 heterocycles. The zero-order valence-electron chi connectivity index (χ0n) is 19.0. The minimum absolute atomic E-state index is 0.432. The van der Waals surface area contributed by atoms with Gasteiger partial charge in [-0.15, -0.1) is 6.58 Å². The van der Waals surface area contributed by atoms with Crippen molar-refractivity contribution in [1.29, 1.82) is 0 Å². The van der Waals surface area contributed by atoms with E-state index in [1.165, 1.54) is 0 Å². The molecule has 0 aromatic rings. The summed E-state index contributed by atoms with van der Waals surface area (Å²) in [6.07, 6.45) is 8.42. The molecule has 3 unspecified atom stereocenters. The van der Waals surface area contributed by atoms with Gasteiger partial charge in [-0.2, -0.15) is 0 Å². The highest BCUT2D eigenvalue weighted by Crippen LogP contribution is 2.21. The maximum absolute atomic E-state index is 11.3. The van der Waals surface area contributed by atoms with Gasteiger partial charge in [0.15, 0.2) is 0 Å². The highest BCUT2D eigenvalue weighted by molar-refractivity contribution is 5.69.